The Balaban J connectivity index is 3.01. The van der Waals surface area contributed by atoms with E-state index in [4.69, 9.17) is 10.8 Å². The fraction of sp³-hybridized carbons (Fsp3) is 0.357. The summed E-state index contributed by atoms with van der Waals surface area (Å²) in [6, 6.07) is 5.95. The molecule has 0 unspecified atom stereocenters. The number of primary amides is 1. The summed E-state index contributed by atoms with van der Waals surface area (Å²) in [5.41, 5.74) is 5.63. The van der Waals surface area contributed by atoms with E-state index in [1.807, 2.05) is 13.8 Å². The second-order valence-corrected chi connectivity index (χ2v) is 4.92. The standard InChI is InChI=1S/C14H18N2O4/c1-9(2)7-16(8-12(17)18)14(20)11-5-3-4-10(6-11)13(15)19/h3-6,9H,7-8H2,1-2H3,(H2,15,19)(H,17,18). The van der Waals surface area contributed by atoms with Gasteiger partial charge in [-0.05, 0) is 24.1 Å². The van der Waals surface area contributed by atoms with Crippen molar-refractivity contribution in [3.63, 3.8) is 0 Å². The van der Waals surface area contributed by atoms with Crippen LogP contribution in [0.3, 0.4) is 0 Å². The van der Waals surface area contributed by atoms with Gasteiger partial charge in [0.15, 0.2) is 0 Å². The lowest BCUT2D eigenvalue weighted by atomic mass is 10.1. The minimum Gasteiger partial charge on any atom is -0.480 e. The van der Waals surface area contributed by atoms with E-state index in [0.29, 0.717) is 6.54 Å². The minimum absolute atomic E-state index is 0.137. The topological polar surface area (TPSA) is 101 Å². The smallest absolute Gasteiger partial charge is 0.323 e. The summed E-state index contributed by atoms with van der Waals surface area (Å²) in [7, 11) is 0. The number of hydrogen-bond acceptors (Lipinski definition) is 3. The number of nitrogens with two attached hydrogens (primary N) is 1. The molecule has 0 bridgehead atoms. The molecule has 6 heteroatoms. The van der Waals surface area contributed by atoms with E-state index in [2.05, 4.69) is 0 Å². The van der Waals surface area contributed by atoms with Crippen molar-refractivity contribution in [2.45, 2.75) is 13.8 Å². The number of amides is 2. The molecule has 0 atom stereocenters. The molecule has 0 saturated carbocycles. The molecule has 108 valence electrons. The number of hydrogen-bond donors (Lipinski definition) is 2. The highest BCUT2D eigenvalue weighted by Gasteiger charge is 2.20. The lowest BCUT2D eigenvalue weighted by Crippen LogP contribution is -2.38. The first-order valence-corrected chi connectivity index (χ1v) is 6.22. The molecule has 0 fully saturated rings. The molecule has 1 rings (SSSR count). The van der Waals surface area contributed by atoms with Crippen molar-refractivity contribution >= 4 is 17.8 Å². The quantitative estimate of drug-likeness (QED) is 0.809. The van der Waals surface area contributed by atoms with Crippen LogP contribution in [0.5, 0.6) is 0 Å². The van der Waals surface area contributed by atoms with Crippen LogP contribution < -0.4 is 5.73 Å². The van der Waals surface area contributed by atoms with Crippen LogP contribution in [0.4, 0.5) is 0 Å². The van der Waals surface area contributed by atoms with Crippen LogP contribution in [-0.4, -0.2) is 40.9 Å². The van der Waals surface area contributed by atoms with Crippen molar-refractivity contribution < 1.29 is 19.5 Å². The predicted octanol–water partition coefficient (Wildman–Crippen LogP) is 0.968. The first-order valence-electron chi connectivity index (χ1n) is 6.22. The summed E-state index contributed by atoms with van der Waals surface area (Å²) in [6.07, 6.45) is 0. The fourth-order valence-corrected chi connectivity index (χ4v) is 1.81. The van der Waals surface area contributed by atoms with Crippen molar-refractivity contribution in [3.8, 4) is 0 Å². The van der Waals surface area contributed by atoms with Crippen LogP contribution in [0.15, 0.2) is 24.3 Å². The molecule has 0 spiro atoms. The third-order valence-corrected chi connectivity index (χ3v) is 2.59. The molecule has 0 aliphatic heterocycles. The second kappa shape index (κ2) is 6.70. The maximum atomic E-state index is 12.3. The van der Waals surface area contributed by atoms with Gasteiger partial charge in [-0.3, -0.25) is 14.4 Å². The highest BCUT2D eigenvalue weighted by molar-refractivity contribution is 5.99. The molecular formula is C14H18N2O4. The van der Waals surface area contributed by atoms with Gasteiger partial charge in [0.1, 0.15) is 6.54 Å². The summed E-state index contributed by atoms with van der Waals surface area (Å²) in [5.74, 6) is -2.00. The van der Waals surface area contributed by atoms with Crippen molar-refractivity contribution in [1.82, 2.24) is 4.90 Å². The molecular weight excluding hydrogens is 260 g/mol. The molecule has 0 saturated heterocycles. The number of rotatable bonds is 6. The third kappa shape index (κ3) is 4.38. The van der Waals surface area contributed by atoms with E-state index in [1.54, 1.807) is 6.07 Å². The molecule has 0 aromatic heterocycles. The van der Waals surface area contributed by atoms with Gasteiger partial charge >= 0.3 is 5.97 Å². The maximum absolute atomic E-state index is 12.3. The lowest BCUT2D eigenvalue weighted by Gasteiger charge is -2.22. The van der Waals surface area contributed by atoms with Gasteiger partial charge in [-0.1, -0.05) is 19.9 Å². The number of nitrogens with zero attached hydrogens (tertiary/aromatic N) is 1. The lowest BCUT2D eigenvalue weighted by molar-refractivity contribution is -0.137. The zero-order chi connectivity index (χ0) is 15.3. The van der Waals surface area contributed by atoms with Gasteiger partial charge in [0.05, 0.1) is 0 Å². The molecule has 0 radical (unpaired) electrons. The van der Waals surface area contributed by atoms with Crippen molar-refractivity contribution in [2.75, 3.05) is 13.1 Å². The Labute approximate surface area is 117 Å². The Hall–Kier alpha value is -2.37. The van der Waals surface area contributed by atoms with Crippen molar-refractivity contribution in [3.05, 3.63) is 35.4 Å². The number of benzene rings is 1. The highest BCUT2D eigenvalue weighted by atomic mass is 16.4. The van der Waals surface area contributed by atoms with Gasteiger partial charge in [-0.15, -0.1) is 0 Å². The third-order valence-electron chi connectivity index (χ3n) is 2.59. The van der Waals surface area contributed by atoms with Crippen molar-refractivity contribution in [2.24, 2.45) is 11.7 Å². The van der Waals surface area contributed by atoms with E-state index in [0.717, 1.165) is 0 Å². The molecule has 0 heterocycles. The summed E-state index contributed by atoms with van der Waals surface area (Å²) in [5, 5.41) is 8.87. The van der Waals surface area contributed by atoms with Crippen molar-refractivity contribution in [1.29, 1.82) is 0 Å². The molecule has 6 nitrogen and oxygen atoms in total. The van der Waals surface area contributed by atoms with Gasteiger partial charge in [-0.25, -0.2) is 0 Å². The SMILES string of the molecule is CC(C)CN(CC(=O)O)C(=O)c1cccc(C(N)=O)c1. The van der Waals surface area contributed by atoms with E-state index < -0.39 is 17.8 Å². The molecule has 20 heavy (non-hydrogen) atoms. The van der Waals surface area contributed by atoms with Gasteiger partial charge in [0.25, 0.3) is 5.91 Å². The van der Waals surface area contributed by atoms with Gasteiger partial charge in [-0.2, -0.15) is 0 Å². The molecule has 2 amide bonds. The van der Waals surface area contributed by atoms with Crippen LogP contribution >= 0.6 is 0 Å². The summed E-state index contributed by atoms with van der Waals surface area (Å²) < 4.78 is 0. The molecule has 1 aromatic rings. The Morgan fingerprint density at radius 2 is 1.85 bits per heavy atom. The normalized spacial score (nSPS) is 10.3. The molecule has 0 aliphatic rings. The highest BCUT2D eigenvalue weighted by Crippen LogP contribution is 2.10. The number of aliphatic carboxylic acids is 1. The van der Waals surface area contributed by atoms with Crippen LogP contribution in [0.2, 0.25) is 0 Å². The number of carboxylic acids is 1. The largest absolute Gasteiger partial charge is 0.480 e. The fourth-order valence-electron chi connectivity index (χ4n) is 1.81. The Bertz CT molecular complexity index is 526. The first kappa shape index (κ1) is 15.7. The summed E-state index contributed by atoms with van der Waals surface area (Å²) in [4.78, 5) is 35.5. The zero-order valence-corrected chi connectivity index (χ0v) is 11.5. The first-order chi connectivity index (χ1) is 9.31. The zero-order valence-electron chi connectivity index (χ0n) is 11.5. The van der Waals surface area contributed by atoms with Crippen LogP contribution in [-0.2, 0) is 4.79 Å². The Kier molecular flexibility index (Phi) is 5.25. The van der Waals surface area contributed by atoms with Gasteiger partial charge < -0.3 is 15.7 Å². The van der Waals surface area contributed by atoms with E-state index in [-0.39, 0.29) is 23.6 Å². The Morgan fingerprint density at radius 1 is 1.25 bits per heavy atom. The molecule has 0 aliphatic carbocycles. The van der Waals surface area contributed by atoms with Crippen LogP contribution in [0.25, 0.3) is 0 Å². The number of carbonyl (C=O) groups is 3. The predicted molar refractivity (Wildman–Crippen MR) is 73.3 cm³/mol. The van der Waals surface area contributed by atoms with Gasteiger partial charge in [0, 0.05) is 17.7 Å². The molecule has 1 aromatic carbocycles. The number of carbonyl (C=O) groups excluding carboxylic acids is 2. The summed E-state index contributed by atoms with van der Waals surface area (Å²) in [6.45, 7) is 3.73. The van der Waals surface area contributed by atoms with E-state index in [1.165, 1.54) is 23.1 Å². The number of carboxylic acid groups (broad SMARTS) is 1. The minimum atomic E-state index is -1.08. The maximum Gasteiger partial charge on any atom is 0.323 e. The van der Waals surface area contributed by atoms with E-state index in [9.17, 15) is 14.4 Å². The monoisotopic (exact) mass is 278 g/mol. The van der Waals surface area contributed by atoms with Crippen LogP contribution in [0.1, 0.15) is 34.6 Å². The van der Waals surface area contributed by atoms with Gasteiger partial charge in [0.2, 0.25) is 5.91 Å². The summed E-state index contributed by atoms with van der Waals surface area (Å²) >= 11 is 0. The van der Waals surface area contributed by atoms with E-state index >= 15 is 0 Å². The molecule has 3 N–H and O–H groups in total. The second-order valence-electron chi connectivity index (χ2n) is 4.92. The Morgan fingerprint density at radius 3 is 2.35 bits per heavy atom. The average molecular weight is 278 g/mol. The van der Waals surface area contributed by atoms with Crippen LogP contribution in [0, 0.1) is 5.92 Å². The average Bonchev–Trinajstić information content (AvgIpc) is 2.36.